The van der Waals surface area contributed by atoms with Crippen molar-refractivity contribution in [3.05, 3.63) is 18.3 Å². The molecule has 1 fully saturated rings. The van der Waals surface area contributed by atoms with Crippen LogP contribution < -0.4 is 10.6 Å². The quantitative estimate of drug-likeness (QED) is 0.737. The van der Waals surface area contributed by atoms with Crippen LogP contribution in [0.1, 0.15) is 20.3 Å². The predicted molar refractivity (Wildman–Crippen MR) is 59.3 cm³/mol. The summed E-state index contributed by atoms with van der Waals surface area (Å²) in [5.41, 5.74) is 7.06. The molecule has 0 spiro atoms. The topological polar surface area (TPSA) is 42.2 Å². The van der Waals surface area contributed by atoms with Gasteiger partial charge in [-0.15, -0.1) is 0 Å². The van der Waals surface area contributed by atoms with E-state index in [4.69, 9.17) is 5.73 Å². The van der Waals surface area contributed by atoms with Crippen molar-refractivity contribution in [2.75, 3.05) is 23.7 Å². The average molecular weight is 191 g/mol. The SMILES string of the molecule is CC1(C)CCN(c2ncccc2N)C1. The highest BCUT2D eigenvalue weighted by Gasteiger charge is 2.30. The molecule has 0 radical (unpaired) electrons. The molecule has 76 valence electrons. The minimum absolute atomic E-state index is 0.393. The Balaban J connectivity index is 2.22. The Hall–Kier alpha value is -1.25. The summed E-state index contributed by atoms with van der Waals surface area (Å²) in [6.07, 6.45) is 3.01. The molecule has 1 aliphatic heterocycles. The van der Waals surface area contributed by atoms with Crippen LogP contribution in [0, 0.1) is 5.41 Å². The molecule has 3 heteroatoms. The van der Waals surface area contributed by atoms with E-state index in [0.717, 1.165) is 24.6 Å². The van der Waals surface area contributed by atoms with Gasteiger partial charge in [0.2, 0.25) is 0 Å². The number of nitrogen functional groups attached to an aromatic ring is 1. The van der Waals surface area contributed by atoms with E-state index in [1.807, 2.05) is 12.1 Å². The second kappa shape index (κ2) is 3.15. The average Bonchev–Trinajstić information content (AvgIpc) is 2.47. The zero-order chi connectivity index (χ0) is 10.2. The molecule has 0 amide bonds. The lowest BCUT2D eigenvalue weighted by atomic mass is 9.93. The van der Waals surface area contributed by atoms with Crippen LogP contribution in [-0.4, -0.2) is 18.1 Å². The van der Waals surface area contributed by atoms with E-state index in [-0.39, 0.29) is 0 Å². The van der Waals surface area contributed by atoms with Gasteiger partial charge in [-0.2, -0.15) is 0 Å². The number of hydrogen-bond donors (Lipinski definition) is 1. The third-order valence-corrected chi connectivity index (χ3v) is 2.79. The normalized spacial score (nSPS) is 20.0. The van der Waals surface area contributed by atoms with Crippen molar-refractivity contribution in [1.82, 2.24) is 4.98 Å². The number of rotatable bonds is 1. The van der Waals surface area contributed by atoms with E-state index in [1.54, 1.807) is 6.20 Å². The molecule has 3 nitrogen and oxygen atoms in total. The molecule has 0 unspecified atom stereocenters. The van der Waals surface area contributed by atoms with Crippen LogP contribution in [0.25, 0.3) is 0 Å². The maximum Gasteiger partial charge on any atom is 0.151 e. The van der Waals surface area contributed by atoms with Gasteiger partial charge in [0.1, 0.15) is 0 Å². The van der Waals surface area contributed by atoms with Crippen LogP contribution in [0.3, 0.4) is 0 Å². The summed E-state index contributed by atoms with van der Waals surface area (Å²) < 4.78 is 0. The summed E-state index contributed by atoms with van der Waals surface area (Å²) in [5.74, 6) is 0.943. The zero-order valence-corrected chi connectivity index (χ0v) is 8.83. The molecule has 0 bridgehead atoms. The van der Waals surface area contributed by atoms with Crippen molar-refractivity contribution < 1.29 is 0 Å². The minimum atomic E-state index is 0.393. The molecule has 1 aliphatic rings. The number of nitrogens with zero attached hydrogens (tertiary/aromatic N) is 2. The number of nitrogens with two attached hydrogens (primary N) is 1. The van der Waals surface area contributed by atoms with E-state index in [1.165, 1.54) is 6.42 Å². The lowest BCUT2D eigenvalue weighted by molar-refractivity contribution is 0.418. The van der Waals surface area contributed by atoms with E-state index < -0.39 is 0 Å². The summed E-state index contributed by atoms with van der Waals surface area (Å²) in [7, 11) is 0. The first-order valence-electron chi connectivity index (χ1n) is 5.04. The second-order valence-corrected chi connectivity index (χ2v) is 4.75. The van der Waals surface area contributed by atoms with E-state index in [9.17, 15) is 0 Å². The molecule has 0 saturated carbocycles. The van der Waals surface area contributed by atoms with E-state index in [2.05, 4.69) is 23.7 Å². The van der Waals surface area contributed by atoms with Gasteiger partial charge in [-0.3, -0.25) is 0 Å². The Morgan fingerprint density at radius 1 is 1.50 bits per heavy atom. The molecule has 0 aliphatic carbocycles. The Kier molecular flexibility index (Phi) is 2.10. The van der Waals surface area contributed by atoms with Gasteiger partial charge in [-0.1, -0.05) is 13.8 Å². The van der Waals surface area contributed by atoms with Gasteiger partial charge in [0.25, 0.3) is 0 Å². The molecule has 2 N–H and O–H groups in total. The summed E-state index contributed by atoms with van der Waals surface area (Å²) in [6.45, 7) is 6.68. The predicted octanol–water partition coefficient (Wildman–Crippen LogP) is 1.90. The Morgan fingerprint density at radius 2 is 2.29 bits per heavy atom. The Morgan fingerprint density at radius 3 is 2.86 bits per heavy atom. The highest BCUT2D eigenvalue weighted by atomic mass is 15.2. The minimum Gasteiger partial charge on any atom is -0.396 e. The van der Waals surface area contributed by atoms with Gasteiger partial charge in [0, 0.05) is 19.3 Å². The highest BCUT2D eigenvalue weighted by Crippen LogP contribution is 2.33. The summed E-state index contributed by atoms with van der Waals surface area (Å²) in [5, 5.41) is 0. The Bertz CT molecular complexity index is 333. The highest BCUT2D eigenvalue weighted by molar-refractivity contribution is 5.62. The number of hydrogen-bond acceptors (Lipinski definition) is 3. The van der Waals surface area contributed by atoms with Crippen molar-refractivity contribution in [2.45, 2.75) is 20.3 Å². The first-order chi connectivity index (χ1) is 6.58. The smallest absolute Gasteiger partial charge is 0.151 e. The summed E-state index contributed by atoms with van der Waals surface area (Å²) in [4.78, 5) is 6.60. The van der Waals surface area contributed by atoms with Crippen molar-refractivity contribution in [3.63, 3.8) is 0 Å². The van der Waals surface area contributed by atoms with Crippen LogP contribution in [0.4, 0.5) is 11.5 Å². The number of aromatic nitrogens is 1. The van der Waals surface area contributed by atoms with Crippen LogP contribution >= 0.6 is 0 Å². The number of anilines is 2. The van der Waals surface area contributed by atoms with Gasteiger partial charge >= 0.3 is 0 Å². The Labute approximate surface area is 84.9 Å². The van der Waals surface area contributed by atoms with Crippen molar-refractivity contribution in [3.8, 4) is 0 Å². The maximum atomic E-state index is 5.88. The van der Waals surface area contributed by atoms with Crippen LogP contribution in [0.5, 0.6) is 0 Å². The van der Waals surface area contributed by atoms with Crippen molar-refractivity contribution in [2.24, 2.45) is 5.41 Å². The fourth-order valence-electron chi connectivity index (χ4n) is 1.97. The van der Waals surface area contributed by atoms with E-state index in [0.29, 0.717) is 5.41 Å². The molecule has 0 atom stereocenters. The van der Waals surface area contributed by atoms with Gasteiger partial charge in [0.15, 0.2) is 5.82 Å². The lowest BCUT2D eigenvalue weighted by Crippen LogP contribution is -2.24. The largest absolute Gasteiger partial charge is 0.396 e. The molecule has 1 aromatic heterocycles. The molecular formula is C11H17N3. The van der Waals surface area contributed by atoms with E-state index >= 15 is 0 Å². The maximum absolute atomic E-state index is 5.88. The summed E-state index contributed by atoms with van der Waals surface area (Å²) in [6, 6.07) is 3.79. The molecular weight excluding hydrogens is 174 g/mol. The molecule has 2 heterocycles. The van der Waals surface area contributed by atoms with Gasteiger partial charge in [-0.05, 0) is 24.0 Å². The molecule has 14 heavy (non-hydrogen) atoms. The monoisotopic (exact) mass is 191 g/mol. The lowest BCUT2D eigenvalue weighted by Gasteiger charge is -2.21. The molecule has 2 rings (SSSR count). The van der Waals surface area contributed by atoms with Crippen LogP contribution in [0.15, 0.2) is 18.3 Å². The van der Waals surface area contributed by atoms with Crippen LogP contribution in [0.2, 0.25) is 0 Å². The van der Waals surface area contributed by atoms with Crippen LogP contribution in [-0.2, 0) is 0 Å². The molecule has 0 aromatic carbocycles. The second-order valence-electron chi connectivity index (χ2n) is 4.75. The van der Waals surface area contributed by atoms with Gasteiger partial charge < -0.3 is 10.6 Å². The fourth-order valence-corrected chi connectivity index (χ4v) is 1.97. The van der Waals surface area contributed by atoms with Crippen molar-refractivity contribution in [1.29, 1.82) is 0 Å². The summed E-state index contributed by atoms with van der Waals surface area (Å²) >= 11 is 0. The standard InChI is InChI=1S/C11H17N3/c1-11(2)5-7-14(8-11)10-9(12)4-3-6-13-10/h3-4,6H,5,7-8,12H2,1-2H3. The first-order valence-corrected chi connectivity index (χ1v) is 5.04. The van der Waals surface area contributed by atoms with Crippen molar-refractivity contribution >= 4 is 11.5 Å². The van der Waals surface area contributed by atoms with Gasteiger partial charge in [0.05, 0.1) is 5.69 Å². The fraction of sp³-hybridized carbons (Fsp3) is 0.545. The third-order valence-electron chi connectivity index (χ3n) is 2.79. The molecule has 1 saturated heterocycles. The number of pyridine rings is 1. The third kappa shape index (κ3) is 1.67. The first kappa shape index (κ1) is 9.31. The van der Waals surface area contributed by atoms with Gasteiger partial charge in [-0.25, -0.2) is 4.98 Å². The molecule has 1 aromatic rings. The zero-order valence-electron chi connectivity index (χ0n) is 8.83.